The first kappa shape index (κ1) is 55.3. The van der Waals surface area contributed by atoms with Crippen LogP contribution in [0.1, 0.15) is 32.6 Å². The molecule has 11 aromatic carbocycles. The van der Waals surface area contributed by atoms with E-state index in [0.717, 1.165) is 78.4 Å². The number of hydrogen-bond acceptors (Lipinski definition) is 4. The molecular formula is C72H68O4Si5. The molecule has 0 atom stereocenters. The summed E-state index contributed by atoms with van der Waals surface area (Å²) in [5.41, 5.74) is 0. The molecule has 0 amide bonds. The Balaban J connectivity index is 1.29. The van der Waals surface area contributed by atoms with Crippen molar-refractivity contribution in [3.63, 3.8) is 0 Å². The van der Waals surface area contributed by atoms with Crippen LogP contribution in [-0.2, 0) is 16.5 Å². The Kier molecular flexibility index (Phi) is 17.6. The summed E-state index contributed by atoms with van der Waals surface area (Å²) in [6.45, 7) is 2.29. The van der Waals surface area contributed by atoms with Gasteiger partial charge in [-0.3, -0.25) is 0 Å². The van der Waals surface area contributed by atoms with E-state index < -0.39 is 42.3 Å². The summed E-state index contributed by atoms with van der Waals surface area (Å²) in [4.78, 5) is 0. The van der Waals surface area contributed by atoms with Crippen molar-refractivity contribution >= 4 is 99.4 Å². The van der Waals surface area contributed by atoms with Gasteiger partial charge in [-0.05, 0) is 63.1 Å². The van der Waals surface area contributed by atoms with Crippen molar-refractivity contribution in [3.8, 4) is 0 Å². The van der Waals surface area contributed by atoms with Crippen LogP contribution >= 0.6 is 0 Å². The Bertz CT molecular complexity index is 3360. The lowest BCUT2D eigenvalue weighted by atomic mass is 10.2. The highest BCUT2D eigenvalue weighted by Gasteiger charge is 2.64. The Morgan fingerprint density at radius 1 is 0.210 bits per heavy atom. The molecule has 0 radical (unpaired) electrons. The van der Waals surface area contributed by atoms with Crippen LogP contribution in [0, 0.1) is 0 Å². The first-order valence-electron chi connectivity index (χ1n) is 28.5. The maximum absolute atomic E-state index is 9.17. The SMILES string of the molecule is CCCCCC[Si](O[Si](O[Si](O[Si](O[Si](c1ccccc1)(c1ccccc1)c1ccccc1)(c1ccccc1)c1ccccc1)(c1ccccc1)c1ccccc1)(c1ccccc1)c1ccccc1)(c1ccccc1)c1ccccc1. The number of unbranched alkanes of at least 4 members (excludes halogenated alkanes) is 3. The Labute approximate surface area is 485 Å². The predicted octanol–water partition coefficient (Wildman–Crippen LogP) is 9.83. The third-order valence-corrected chi connectivity index (χ3v) is 38.6. The molecule has 0 fully saturated rings. The second-order valence-electron chi connectivity index (χ2n) is 20.6. The Morgan fingerprint density at radius 2 is 0.420 bits per heavy atom. The minimum Gasteiger partial charge on any atom is -0.422 e. The molecule has 4 nitrogen and oxygen atoms in total. The van der Waals surface area contributed by atoms with E-state index in [0.29, 0.717) is 0 Å². The van der Waals surface area contributed by atoms with Crippen LogP contribution in [0.4, 0.5) is 0 Å². The maximum Gasteiger partial charge on any atom is 0.390 e. The van der Waals surface area contributed by atoms with Crippen molar-refractivity contribution in [2.75, 3.05) is 0 Å². The normalized spacial score (nSPS) is 12.2. The van der Waals surface area contributed by atoms with Crippen LogP contribution < -0.4 is 57.1 Å². The molecule has 0 saturated carbocycles. The molecule has 0 aliphatic carbocycles. The molecule has 0 bridgehead atoms. The smallest absolute Gasteiger partial charge is 0.390 e. The zero-order chi connectivity index (χ0) is 55.1. The lowest BCUT2D eigenvalue weighted by Crippen LogP contribution is -2.85. The van der Waals surface area contributed by atoms with Crippen LogP contribution in [0.25, 0.3) is 0 Å². The van der Waals surface area contributed by atoms with Crippen molar-refractivity contribution in [3.05, 3.63) is 334 Å². The van der Waals surface area contributed by atoms with Gasteiger partial charge in [-0.15, -0.1) is 0 Å². The molecule has 9 heteroatoms. The van der Waals surface area contributed by atoms with Gasteiger partial charge in [0.15, 0.2) is 0 Å². The zero-order valence-electron chi connectivity index (χ0n) is 45.9. The first-order chi connectivity index (χ1) is 40.0. The van der Waals surface area contributed by atoms with Gasteiger partial charge in [-0.1, -0.05) is 366 Å². The van der Waals surface area contributed by atoms with Crippen molar-refractivity contribution in [2.24, 2.45) is 0 Å². The second kappa shape index (κ2) is 25.9. The highest BCUT2D eigenvalue weighted by Crippen LogP contribution is 2.31. The van der Waals surface area contributed by atoms with E-state index in [9.17, 15) is 0 Å². The van der Waals surface area contributed by atoms with Crippen LogP contribution in [0.5, 0.6) is 0 Å². The fourth-order valence-electron chi connectivity index (χ4n) is 11.6. The number of rotatable bonds is 24. The third kappa shape index (κ3) is 11.4. The van der Waals surface area contributed by atoms with Gasteiger partial charge in [0.1, 0.15) is 0 Å². The Hall–Kier alpha value is -7.66. The quantitative estimate of drug-likeness (QED) is 0.0344. The van der Waals surface area contributed by atoms with E-state index in [1.807, 2.05) is 0 Å². The fraction of sp³-hybridized carbons (Fsp3) is 0.0833. The van der Waals surface area contributed by atoms with Gasteiger partial charge in [0, 0.05) is 0 Å². The Morgan fingerprint density at radius 3 is 0.667 bits per heavy atom. The second-order valence-corrected chi connectivity index (χ2v) is 37.4. The van der Waals surface area contributed by atoms with Gasteiger partial charge < -0.3 is 16.5 Å². The first-order valence-corrected chi connectivity index (χ1v) is 37.9. The summed E-state index contributed by atoms with van der Waals surface area (Å²) in [6.07, 6.45) is 4.35. The molecule has 0 aliphatic heterocycles. The molecule has 11 rings (SSSR count). The molecule has 81 heavy (non-hydrogen) atoms. The van der Waals surface area contributed by atoms with E-state index >= 15 is 0 Å². The van der Waals surface area contributed by atoms with Crippen LogP contribution in [-0.4, -0.2) is 42.3 Å². The van der Waals surface area contributed by atoms with E-state index in [1.54, 1.807) is 0 Å². The monoisotopic (exact) mass is 1140 g/mol. The molecule has 0 N–H and O–H groups in total. The van der Waals surface area contributed by atoms with E-state index in [2.05, 4.69) is 341 Å². The minimum absolute atomic E-state index is 0.847. The van der Waals surface area contributed by atoms with Crippen LogP contribution in [0.3, 0.4) is 0 Å². The topological polar surface area (TPSA) is 36.9 Å². The average molecular weight is 1140 g/mol. The van der Waals surface area contributed by atoms with Gasteiger partial charge in [0.25, 0.3) is 8.32 Å². The van der Waals surface area contributed by atoms with Gasteiger partial charge in [-0.25, -0.2) is 0 Å². The molecule has 400 valence electrons. The van der Waals surface area contributed by atoms with E-state index in [1.165, 1.54) is 10.4 Å². The number of hydrogen-bond donors (Lipinski definition) is 0. The van der Waals surface area contributed by atoms with Crippen LogP contribution in [0.15, 0.2) is 334 Å². The van der Waals surface area contributed by atoms with Gasteiger partial charge in [0.05, 0.1) is 0 Å². The van der Waals surface area contributed by atoms with Crippen LogP contribution in [0.2, 0.25) is 6.04 Å². The lowest BCUT2D eigenvalue weighted by molar-refractivity contribution is 0.329. The minimum atomic E-state index is -4.38. The lowest BCUT2D eigenvalue weighted by Gasteiger charge is -2.50. The molecule has 0 aromatic heterocycles. The van der Waals surface area contributed by atoms with E-state index in [-0.39, 0.29) is 0 Å². The molecule has 0 heterocycles. The molecule has 0 spiro atoms. The molecule has 0 saturated heterocycles. The average Bonchev–Trinajstić information content (AvgIpc) is 3.74. The van der Waals surface area contributed by atoms with E-state index in [4.69, 9.17) is 16.5 Å². The molecule has 0 aliphatic rings. The van der Waals surface area contributed by atoms with Crippen molar-refractivity contribution < 1.29 is 16.5 Å². The highest BCUT2D eigenvalue weighted by molar-refractivity contribution is 7.17. The largest absolute Gasteiger partial charge is 0.422 e. The summed E-state index contributed by atoms with van der Waals surface area (Å²) in [5.74, 6) is 0. The standard InChI is InChI=1S/C72H68O4Si5/c1-2-3-4-38-61-77(62-39-16-5-17-40-62,63-41-18-6-19-42-63)73-79(67-49-26-10-27-50-67,68-51-28-11-29-52-68)75-81(71-57-34-14-35-58-71,72-59-36-15-37-60-72)76-80(69-53-30-12-31-54-69,70-55-32-13-33-56-70)74-78(64-43-20-7-21-44-64,65-45-22-8-23-46-65)66-47-24-9-25-48-66/h5-37,39-60H,2-4,38,61H2,1H3. The number of benzene rings is 11. The summed E-state index contributed by atoms with van der Waals surface area (Å²) in [7, 11) is -19.9. The zero-order valence-corrected chi connectivity index (χ0v) is 50.9. The van der Waals surface area contributed by atoms with Crippen molar-refractivity contribution in [1.82, 2.24) is 0 Å². The summed E-state index contributed by atoms with van der Waals surface area (Å²) >= 11 is 0. The molecular weight excluding hydrogens is 1070 g/mol. The maximum atomic E-state index is 9.17. The van der Waals surface area contributed by atoms with Crippen molar-refractivity contribution in [1.29, 1.82) is 0 Å². The summed E-state index contributed by atoms with van der Waals surface area (Å²) in [6, 6.07) is 121. The summed E-state index contributed by atoms with van der Waals surface area (Å²) < 4.78 is 36.3. The predicted molar refractivity (Wildman–Crippen MR) is 349 cm³/mol. The fourth-order valence-corrected chi connectivity index (χ4v) is 39.5. The highest BCUT2D eigenvalue weighted by atomic mass is 28.5. The van der Waals surface area contributed by atoms with Gasteiger partial charge in [-0.2, -0.15) is 0 Å². The summed E-state index contributed by atoms with van der Waals surface area (Å²) in [5, 5.41) is 11.5. The molecule has 0 unspecified atom stereocenters. The van der Waals surface area contributed by atoms with Crippen molar-refractivity contribution in [2.45, 2.75) is 38.7 Å². The van der Waals surface area contributed by atoms with Gasteiger partial charge in [0.2, 0.25) is 8.32 Å². The van der Waals surface area contributed by atoms with Gasteiger partial charge >= 0.3 is 25.7 Å². The third-order valence-electron chi connectivity index (χ3n) is 15.5. The molecule has 11 aromatic rings.